The molecular weight excluding hydrogens is 264 g/mol. The lowest BCUT2D eigenvalue weighted by molar-refractivity contribution is 0.0287. The third-order valence-corrected chi connectivity index (χ3v) is 4.42. The first-order valence-corrected chi connectivity index (χ1v) is 7.00. The Morgan fingerprint density at radius 1 is 1.32 bits per heavy atom. The molecule has 2 fully saturated rings. The molecule has 2 unspecified atom stereocenters. The zero-order chi connectivity index (χ0) is 13.6. The second kappa shape index (κ2) is 4.69. The van der Waals surface area contributed by atoms with Crippen LogP contribution >= 0.6 is 11.6 Å². The number of benzene rings is 1. The van der Waals surface area contributed by atoms with Crippen molar-refractivity contribution in [1.82, 2.24) is 4.90 Å². The molecule has 2 atom stereocenters. The fourth-order valence-corrected chi connectivity index (χ4v) is 3.50. The number of carbonyl (C=O) groups is 1. The number of nitrogens with two attached hydrogens (primary N) is 1. The molecule has 5 heteroatoms. The number of piperidine rings is 1. The molecule has 1 aromatic carbocycles. The first-order valence-electron chi connectivity index (χ1n) is 6.62. The molecule has 1 amide bonds. The van der Waals surface area contributed by atoms with Gasteiger partial charge in [-0.25, -0.2) is 0 Å². The third kappa shape index (κ3) is 2.19. The smallest absolute Gasteiger partial charge is 0.256 e. The van der Waals surface area contributed by atoms with Crippen molar-refractivity contribution in [2.75, 3.05) is 5.73 Å². The van der Waals surface area contributed by atoms with Crippen LogP contribution < -0.4 is 5.73 Å². The van der Waals surface area contributed by atoms with Gasteiger partial charge in [0.25, 0.3) is 5.91 Å². The zero-order valence-electron chi connectivity index (χ0n) is 10.6. The van der Waals surface area contributed by atoms with Crippen LogP contribution in [0.5, 0.6) is 0 Å². The molecule has 2 aliphatic rings. The lowest BCUT2D eigenvalue weighted by Gasteiger charge is -2.37. The summed E-state index contributed by atoms with van der Waals surface area (Å²) in [4.78, 5) is 14.5. The van der Waals surface area contributed by atoms with Crippen molar-refractivity contribution in [3.8, 4) is 0 Å². The summed E-state index contributed by atoms with van der Waals surface area (Å²) in [7, 11) is 0. The van der Waals surface area contributed by atoms with E-state index < -0.39 is 0 Å². The Balaban J connectivity index is 1.90. The summed E-state index contributed by atoms with van der Waals surface area (Å²) in [6.07, 6.45) is 2.99. The van der Waals surface area contributed by atoms with Gasteiger partial charge in [-0.2, -0.15) is 0 Å². The molecular formula is C14H17ClN2O2. The van der Waals surface area contributed by atoms with Crippen LogP contribution in [0, 0.1) is 0 Å². The Hall–Kier alpha value is -1.26. The molecule has 0 saturated carbocycles. The minimum absolute atomic E-state index is 0.0561. The number of rotatable bonds is 1. The second-order valence-corrected chi connectivity index (χ2v) is 5.89. The van der Waals surface area contributed by atoms with Crippen LogP contribution in [0.15, 0.2) is 18.2 Å². The van der Waals surface area contributed by atoms with E-state index in [9.17, 15) is 9.90 Å². The Morgan fingerprint density at radius 3 is 2.58 bits per heavy atom. The maximum absolute atomic E-state index is 12.6. The number of halogens is 1. The molecule has 3 N–H and O–H groups in total. The van der Waals surface area contributed by atoms with E-state index in [4.69, 9.17) is 17.3 Å². The number of amides is 1. The number of nitrogen functional groups attached to an aromatic ring is 1. The molecule has 1 aromatic rings. The topological polar surface area (TPSA) is 66.6 Å². The number of fused-ring (bicyclic) bond motifs is 2. The number of aliphatic hydroxyl groups excluding tert-OH is 1. The minimum atomic E-state index is -0.279. The van der Waals surface area contributed by atoms with E-state index in [0.29, 0.717) is 29.1 Å². The monoisotopic (exact) mass is 280 g/mol. The van der Waals surface area contributed by atoms with Gasteiger partial charge in [-0.3, -0.25) is 4.79 Å². The number of aliphatic hydroxyl groups is 1. The van der Waals surface area contributed by atoms with Gasteiger partial charge in [-0.15, -0.1) is 0 Å². The van der Waals surface area contributed by atoms with E-state index in [1.54, 1.807) is 18.2 Å². The summed E-state index contributed by atoms with van der Waals surface area (Å²) in [5, 5.41) is 10.3. The molecule has 0 radical (unpaired) electrons. The summed E-state index contributed by atoms with van der Waals surface area (Å²) in [5.41, 5.74) is 6.81. The summed E-state index contributed by atoms with van der Waals surface area (Å²) in [6, 6.07) is 5.25. The fraction of sp³-hybridized carbons (Fsp3) is 0.500. The van der Waals surface area contributed by atoms with Crippen molar-refractivity contribution >= 4 is 23.2 Å². The standard InChI is InChI=1S/C14H17ClN2O2/c15-8-1-4-13(16)12(5-8)14(19)17-9-2-3-10(17)7-11(18)6-9/h1,4-5,9-11,18H,2-3,6-7,16H2. The number of nitrogens with zero attached hydrogens (tertiary/aromatic N) is 1. The van der Waals surface area contributed by atoms with E-state index in [0.717, 1.165) is 12.8 Å². The molecule has 19 heavy (non-hydrogen) atoms. The highest BCUT2D eigenvalue weighted by Crippen LogP contribution is 2.37. The number of hydrogen-bond donors (Lipinski definition) is 2. The SMILES string of the molecule is Nc1ccc(Cl)cc1C(=O)N1C2CCC1CC(O)C2. The Kier molecular flexibility index (Phi) is 3.15. The molecule has 0 aromatic heterocycles. The van der Waals surface area contributed by atoms with Crippen LogP contribution in [-0.2, 0) is 0 Å². The van der Waals surface area contributed by atoms with Crippen molar-refractivity contribution in [3.63, 3.8) is 0 Å². The van der Waals surface area contributed by atoms with Gasteiger partial charge in [0.15, 0.2) is 0 Å². The van der Waals surface area contributed by atoms with Crippen LogP contribution in [0.4, 0.5) is 5.69 Å². The summed E-state index contributed by atoms with van der Waals surface area (Å²) >= 11 is 5.95. The van der Waals surface area contributed by atoms with Gasteiger partial charge in [0.05, 0.1) is 11.7 Å². The largest absolute Gasteiger partial charge is 0.398 e. The minimum Gasteiger partial charge on any atom is -0.398 e. The number of carbonyl (C=O) groups excluding carboxylic acids is 1. The summed E-state index contributed by atoms with van der Waals surface area (Å²) in [5.74, 6) is -0.0561. The van der Waals surface area contributed by atoms with E-state index in [-0.39, 0.29) is 24.1 Å². The molecule has 2 bridgehead atoms. The zero-order valence-corrected chi connectivity index (χ0v) is 11.3. The van der Waals surface area contributed by atoms with E-state index >= 15 is 0 Å². The summed E-state index contributed by atoms with van der Waals surface area (Å²) in [6.45, 7) is 0. The maximum Gasteiger partial charge on any atom is 0.256 e. The molecule has 2 saturated heterocycles. The maximum atomic E-state index is 12.6. The van der Waals surface area contributed by atoms with Crippen LogP contribution in [0.3, 0.4) is 0 Å². The van der Waals surface area contributed by atoms with Gasteiger partial charge < -0.3 is 15.7 Å². The Labute approximate surface area is 117 Å². The average molecular weight is 281 g/mol. The first kappa shape index (κ1) is 12.8. The van der Waals surface area contributed by atoms with E-state index in [1.165, 1.54) is 0 Å². The molecule has 4 nitrogen and oxygen atoms in total. The molecule has 0 spiro atoms. The van der Waals surface area contributed by atoms with Gasteiger partial charge in [-0.05, 0) is 43.9 Å². The molecule has 2 heterocycles. The van der Waals surface area contributed by atoms with Gasteiger partial charge in [0, 0.05) is 22.8 Å². The predicted molar refractivity (Wildman–Crippen MR) is 74.1 cm³/mol. The number of hydrogen-bond acceptors (Lipinski definition) is 3. The highest BCUT2D eigenvalue weighted by Gasteiger charge is 2.43. The van der Waals surface area contributed by atoms with E-state index in [2.05, 4.69) is 0 Å². The molecule has 0 aliphatic carbocycles. The van der Waals surface area contributed by atoms with Crippen LogP contribution in [-0.4, -0.2) is 34.1 Å². The Bertz CT molecular complexity index is 506. The van der Waals surface area contributed by atoms with Crippen molar-refractivity contribution in [3.05, 3.63) is 28.8 Å². The predicted octanol–water partition coefficient (Wildman–Crippen LogP) is 2.05. The van der Waals surface area contributed by atoms with Gasteiger partial charge in [0.2, 0.25) is 0 Å². The Morgan fingerprint density at radius 2 is 1.95 bits per heavy atom. The van der Waals surface area contributed by atoms with Crippen molar-refractivity contribution < 1.29 is 9.90 Å². The van der Waals surface area contributed by atoms with Crippen LogP contribution in [0.2, 0.25) is 5.02 Å². The van der Waals surface area contributed by atoms with Crippen molar-refractivity contribution in [1.29, 1.82) is 0 Å². The second-order valence-electron chi connectivity index (χ2n) is 5.45. The lowest BCUT2D eigenvalue weighted by Crippen LogP contribution is -2.48. The quantitative estimate of drug-likeness (QED) is 0.774. The average Bonchev–Trinajstić information content (AvgIpc) is 2.64. The fourth-order valence-electron chi connectivity index (χ4n) is 3.33. The number of anilines is 1. The van der Waals surface area contributed by atoms with E-state index in [1.807, 2.05) is 4.90 Å². The van der Waals surface area contributed by atoms with Gasteiger partial charge in [0.1, 0.15) is 0 Å². The lowest BCUT2D eigenvalue weighted by atomic mass is 9.98. The third-order valence-electron chi connectivity index (χ3n) is 4.19. The normalized spacial score (nSPS) is 29.6. The van der Waals surface area contributed by atoms with Crippen LogP contribution in [0.25, 0.3) is 0 Å². The van der Waals surface area contributed by atoms with Gasteiger partial charge >= 0.3 is 0 Å². The first-order chi connectivity index (χ1) is 9.06. The highest BCUT2D eigenvalue weighted by molar-refractivity contribution is 6.31. The van der Waals surface area contributed by atoms with Crippen molar-refractivity contribution in [2.45, 2.75) is 43.9 Å². The molecule has 2 aliphatic heterocycles. The van der Waals surface area contributed by atoms with Gasteiger partial charge in [-0.1, -0.05) is 11.6 Å². The summed E-state index contributed by atoms with van der Waals surface area (Å²) < 4.78 is 0. The van der Waals surface area contributed by atoms with Crippen molar-refractivity contribution in [2.24, 2.45) is 0 Å². The van der Waals surface area contributed by atoms with Crippen LogP contribution in [0.1, 0.15) is 36.0 Å². The molecule has 102 valence electrons. The molecule has 3 rings (SSSR count). The highest BCUT2D eigenvalue weighted by atomic mass is 35.5.